The number of nitrogens with one attached hydrogen (secondary N) is 1. The van der Waals surface area contributed by atoms with Gasteiger partial charge in [0.2, 0.25) is 0 Å². The molecule has 0 aromatic heterocycles. The van der Waals surface area contributed by atoms with Crippen LogP contribution in [0.5, 0.6) is 0 Å². The second kappa shape index (κ2) is 18.6. The van der Waals surface area contributed by atoms with Gasteiger partial charge in [0.1, 0.15) is 0 Å². The van der Waals surface area contributed by atoms with Crippen LogP contribution < -0.4 is 34.9 Å². The zero-order valence-corrected chi connectivity index (χ0v) is 18.6. The van der Waals surface area contributed by atoms with Gasteiger partial charge in [0.25, 0.3) is 0 Å². The summed E-state index contributed by atoms with van der Waals surface area (Å²) in [7, 11) is -4.16. The van der Waals surface area contributed by atoms with Crippen molar-refractivity contribution in [1.82, 2.24) is 5.32 Å². The predicted molar refractivity (Wildman–Crippen MR) is 94.5 cm³/mol. The molecular weight excluding hydrogens is 337 g/mol. The summed E-state index contributed by atoms with van der Waals surface area (Å²) in [4.78, 5) is 0. The van der Waals surface area contributed by atoms with E-state index in [9.17, 15) is 18.1 Å². The predicted octanol–water partition coefficient (Wildman–Crippen LogP) is 0.187. The third kappa shape index (κ3) is 22.8. The van der Waals surface area contributed by atoms with E-state index < -0.39 is 22.0 Å². The quantitative estimate of drug-likeness (QED) is 0.216. The van der Waals surface area contributed by atoms with Crippen LogP contribution in [0.1, 0.15) is 84.0 Å². The van der Waals surface area contributed by atoms with Crippen molar-refractivity contribution in [2.75, 3.05) is 18.8 Å². The zero-order valence-electron chi connectivity index (χ0n) is 15.8. The molecule has 1 unspecified atom stereocenters. The van der Waals surface area contributed by atoms with E-state index in [1.807, 2.05) is 0 Å². The van der Waals surface area contributed by atoms with E-state index in [1.165, 1.54) is 57.8 Å². The molecule has 1 atom stereocenters. The summed E-state index contributed by atoms with van der Waals surface area (Å²) >= 11 is 0. The molecular formula is C17H36NNaO4S. The van der Waals surface area contributed by atoms with E-state index >= 15 is 0 Å². The zero-order chi connectivity index (χ0) is 17.4. The van der Waals surface area contributed by atoms with E-state index in [4.69, 9.17) is 0 Å². The maximum absolute atomic E-state index is 10.4. The number of hydrogen-bond acceptors (Lipinski definition) is 5. The average molecular weight is 374 g/mol. The second-order valence-corrected chi connectivity index (χ2v) is 7.97. The van der Waals surface area contributed by atoms with E-state index in [2.05, 4.69) is 12.2 Å². The average Bonchev–Trinajstić information content (AvgIpc) is 2.48. The number of rotatable bonds is 17. The standard InChI is InChI=1S/C17H37NO4S.Na/c1-2-3-4-5-6-7-8-9-10-11-12-13-17(19)16-18-14-15-23(20,21)22;/h17-19H,2-16H2,1H3,(H,20,21,22);/q;+1/p-1. The minimum absolute atomic E-state index is 0. The number of aliphatic hydroxyl groups excluding tert-OH is 1. The third-order valence-electron chi connectivity index (χ3n) is 4.05. The fourth-order valence-corrected chi connectivity index (χ4v) is 3.01. The Morgan fingerprint density at radius 3 is 1.83 bits per heavy atom. The molecule has 0 bridgehead atoms. The molecule has 24 heavy (non-hydrogen) atoms. The van der Waals surface area contributed by atoms with Crippen molar-refractivity contribution in [2.45, 2.75) is 90.1 Å². The second-order valence-electron chi connectivity index (χ2n) is 6.44. The van der Waals surface area contributed by atoms with Crippen molar-refractivity contribution in [2.24, 2.45) is 0 Å². The van der Waals surface area contributed by atoms with Crippen molar-refractivity contribution in [1.29, 1.82) is 0 Å². The van der Waals surface area contributed by atoms with Gasteiger partial charge in [-0.15, -0.1) is 0 Å². The number of unbranched alkanes of at least 4 members (excludes halogenated alkanes) is 10. The van der Waals surface area contributed by atoms with Gasteiger partial charge in [0, 0.05) is 13.1 Å². The summed E-state index contributed by atoms with van der Waals surface area (Å²) in [6, 6.07) is 0. The molecule has 0 aromatic rings. The van der Waals surface area contributed by atoms with Crippen LogP contribution in [0, 0.1) is 0 Å². The van der Waals surface area contributed by atoms with Crippen LogP contribution in [0.4, 0.5) is 0 Å². The van der Waals surface area contributed by atoms with E-state index in [0.29, 0.717) is 6.54 Å². The number of aliphatic hydroxyl groups is 1. The molecule has 0 aliphatic carbocycles. The van der Waals surface area contributed by atoms with Crippen molar-refractivity contribution in [3.63, 3.8) is 0 Å². The van der Waals surface area contributed by atoms with Gasteiger partial charge in [0.15, 0.2) is 0 Å². The Labute approximate surface area is 171 Å². The topological polar surface area (TPSA) is 89.5 Å². The van der Waals surface area contributed by atoms with Gasteiger partial charge in [0.05, 0.1) is 22.0 Å². The Balaban J connectivity index is 0. The first-order valence-electron chi connectivity index (χ1n) is 9.28. The Morgan fingerprint density at radius 1 is 0.917 bits per heavy atom. The van der Waals surface area contributed by atoms with Crippen molar-refractivity contribution in [3.05, 3.63) is 0 Å². The number of hydrogen-bond donors (Lipinski definition) is 2. The molecule has 2 N–H and O–H groups in total. The largest absolute Gasteiger partial charge is 1.00 e. The maximum atomic E-state index is 10.4. The van der Waals surface area contributed by atoms with Gasteiger partial charge in [-0.3, -0.25) is 0 Å². The van der Waals surface area contributed by atoms with Crippen LogP contribution >= 0.6 is 0 Å². The molecule has 0 radical (unpaired) electrons. The van der Waals surface area contributed by atoms with E-state index in [1.54, 1.807) is 0 Å². The Kier molecular flexibility index (Phi) is 21.0. The smallest absolute Gasteiger partial charge is 0.748 e. The van der Waals surface area contributed by atoms with Crippen LogP contribution in [0.2, 0.25) is 0 Å². The molecule has 0 spiro atoms. The molecule has 0 rings (SSSR count). The molecule has 0 aliphatic heterocycles. The first-order chi connectivity index (χ1) is 11.0. The molecule has 0 saturated heterocycles. The molecule has 0 heterocycles. The van der Waals surface area contributed by atoms with E-state index in [-0.39, 0.29) is 36.1 Å². The summed E-state index contributed by atoms with van der Waals surface area (Å²) in [5.41, 5.74) is 0. The summed E-state index contributed by atoms with van der Waals surface area (Å²) in [6.45, 7) is 2.71. The summed E-state index contributed by atoms with van der Waals surface area (Å²) in [6.07, 6.45) is 14.4. The molecule has 0 amide bonds. The molecule has 0 saturated carbocycles. The van der Waals surface area contributed by atoms with Crippen molar-refractivity contribution >= 4 is 10.1 Å². The fraction of sp³-hybridized carbons (Fsp3) is 1.00. The monoisotopic (exact) mass is 373 g/mol. The van der Waals surface area contributed by atoms with Crippen LogP contribution in [0.25, 0.3) is 0 Å². The first kappa shape index (κ1) is 27.1. The van der Waals surface area contributed by atoms with Gasteiger partial charge < -0.3 is 15.0 Å². The van der Waals surface area contributed by atoms with Gasteiger partial charge >= 0.3 is 29.6 Å². The minimum Gasteiger partial charge on any atom is -0.748 e. The Morgan fingerprint density at radius 2 is 1.38 bits per heavy atom. The summed E-state index contributed by atoms with van der Waals surface area (Å²) in [5.74, 6) is -0.418. The molecule has 140 valence electrons. The molecule has 0 fully saturated rings. The fourth-order valence-electron chi connectivity index (χ4n) is 2.61. The Hall–Kier alpha value is 0.830. The van der Waals surface area contributed by atoms with Crippen molar-refractivity contribution in [3.8, 4) is 0 Å². The van der Waals surface area contributed by atoms with Crippen LogP contribution in [-0.4, -0.2) is 43.0 Å². The van der Waals surface area contributed by atoms with E-state index in [0.717, 1.165) is 19.3 Å². The van der Waals surface area contributed by atoms with Gasteiger partial charge in [-0.1, -0.05) is 77.6 Å². The maximum Gasteiger partial charge on any atom is 1.00 e. The Bertz CT molecular complexity index is 352. The van der Waals surface area contributed by atoms with Gasteiger partial charge in [-0.05, 0) is 6.42 Å². The summed E-state index contributed by atoms with van der Waals surface area (Å²) in [5, 5.41) is 12.5. The SMILES string of the molecule is CCCCCCCCCCCCCC(O)CNCCS(=O)(=O)[O-].[Na+]. The first-order valence-corrected chi connectivity index (χ1v) is 10.9. The third-order valence-corrected chi connectivity index (χ3v) is 4.75. The van der Waals surface area contributed by atoms with Crippen LogP contribution in [0.15, 0.2) is 0 Å². The minimum atomic E-state index is -4.16. The van der Waals surface area contributed by atoms with Gasteiger partial charge in [-0.25, -0.2) is 8.42 Å². The molecule has 5 nitrogen and oxygen atoms in total. The van der Waals surface area contributed by atoms with Crippen molar-refractivity contribution < 1.29 is 47.6 Å². The normalized spacial score (nSPS) is 12.8. The summed E-state index contributed by atoms with van der Waals surface area (Å²) < 4.78 is 31.2. The molecule has 0 aliphatic rings. The van der Waals surface area contributed by atoms with Crippen LogP contribution in [0.3, 0.4) is 0 Å². The molecule has 0 aromatic carbocycles. The van der Waals surface area contributed by atoms with Gasteiger partial charge in [-0.2, -0.15) is 0 Å². The van der Waals surface area contributed by atoms with Crippen LogP contribution in [-0.2, 0) is 10.1 Å². The molecule has 7 heteroatoms.